The van der Waals surface area contributed by atoms with Crippen molar-refractivity contribution in [2.24, 2.45) is 0 Å². The first-order valence-corrected chi connectivity index (χ1v) is 10.6. The highest BCUT2D eigenvalue weighted by Crippen LogP contribution is 2.24. The van der Waals surface area contributed by atoms with Gasteiger partial charge in [-0.2, -0.15) is 0 Å². The van der Waals surface area contributed by atoms with Crippen molar-refractivity contribution in [1.29, 1.82) is 0 Å². The fraction of sp³-hybridized carbons (Fsp3) is 0.227. The molecule has 7 nitrogen and oxygen atoms in total. The van der Waals surface area contributed by atoms with E-state index in [-0.39, 0.29) is 23.7 Å². The molecule has 0 saturated heterocycles. The highest BCUT2D eigenvalue weighted by Gasteiger charge is 2.13. The Bertz CT molecular complexity index is 1030. The van der Waals surface area contributed by atoms with Crippen molar-refractivity contribution in [3.05, 3.63) is 66.5 Å². The third-order valence-corrected chi connectivity index (χ3v) is 5.15. The van der Waals surface area contributed by atoms with Gasteiger partial charge in [-0.25, -0.2) is 9.78 Å². The number of hydrogen-bond acceptors (Lipinski definition) is 4. The molecule has 0 saturated carbocycles. The summed E-state index contributed by atoms with van der Waals surface area (Å²) >= 11 is 1.35. The molecule has 3 aromatic rings. The Morgan fingerprint density at radius 2 is 1.70 bits per heavy atom. The van der Waals surface area contributed by atoms with Crippen LogP contribution >= 0.6 is 11.8 Å². The largest absolute Gasteiger partial charge is 0.336 e. The second kappa shape index (κ2) is 9.98. The first kappa shape index (κ1) is 21.4. The van der Waals surface area contributed by atoms with Crippen LogP contribution in [0, 0.1) is 6.92 Å². The molecule has 0 aliphatic carbocycles. The molecule has 0 spiro atoms. The van der Waals surface area contributed by atoms with Crippen molar-refractivity contribution >= 4 is 35.1 Å². The molecule has 0 fully saturated rings. The summed E-state index contributed by atoms with van der Waals surface area (Å²) in [4.78, 5) is 28.9. The molecule has 0 aliphatic heterocycles. The number of carbonyl (C=O) groups excluding carboxylic acids is 2. The quantitative estimate of drug-likeness (QED) is 0.490. The molecule has 1 aromatic heterocycles. The molecule has 2 aromatic carbocycles. The Kier molecular flexibility index (Phi) is 7.13. The third-order valence-electron chi connectivity index (χ3n) is 4.18. The smallest absolute Gasteiger partial charge is 0.319 e. The van der Waals surface area contributed by atoms with Gasteiger partial charge in [0.25, 0.3) is 0 Å². The van der Waals surface area contributed by atoms with Gasteiger partial charge >= 0.3 is 6.03 Å². The van der Waals surface area contributed by atoms with Gasteiger partial charge in [0.2, 0.25) is 5.91 Å². The molecule has 3 N–H and O–H groups in total. The van der Waals surface area contributed by atoms with Gasteiger partial charge < -0.3 is 16.0 Å². The molecular formula is C22H25N5O2S. The van der Waals surface area contributed by atoms with Crippen molar-refractivity contribution in [3.8, 4) is 5.69 Å². The highest BCUT2D eigenvalue weighted by molar-refractivity contribution is 7.99. The number of aromatic nitrogens is 2. The first-order chi connectivity index (χ1) is 14.4. The van der Waals surface area contributed by atoms with Crippen LogP contribution in [0.5, 0.6) is 0 Å². The lowest BCUT2D eigenvalue weighted by atomic mass is 10.2. The third kappa shape index (κ3) is 5.64. The van der Waals surface area contributed by atoms with E-state index in [1.807, 2.05) is 55.8 Å². The second-order valence-corrected chi connectivity index (χ2v) is 7.94. The molecule has 0 aliphatic rings. The number of aryl methyl sites for hydroxylation is 1. The zero-order valence-electron chi connectivity index (χ0n) is 17.2. The molecule has 1 heterocycles. The number of hydrogen-bond donors (Lipinski definition) is 3. The Morgan fingerprint density at radius 1 is 1.03 bits per heavy atom. The van der Waals surface area contributed by atoms with E-state index in [1.54, 1.807) is 30.5 Å². The lowest BCUT2D eigenvalue weighted by Gasteiger charge is -2.14. The summed E-state index contributed by atoms with van der Waals surface area (Å²) in [6.07, 6.45) is 3.61. The number of nitrogens with one attached hydrogen (secondary N) is 3. The number of para-hydroxylation sites is 3. The lowest BCUT2D eigenvalue weighted by molar-refractivity contribution is -0.113. The number of carbonyl (C=O) groups is 2. The molecule has 30 heavy (non-hydrogen) atoms. The van der Waals surface area contributed by atoms with Gasteiger partial charge in [0.05, 0.1) is 22.8 Å². The maximum absolute atomic E-state index is 12.5. The average molecular weight is 424 g/mol. The standard InChI is InChI=1S/C22H25N5O2S/c1-15(2)24-21(29)26-18-10-6-5-9-17(18)25-20(28)14-30-22-23-12-13-27(22)19-11-7-4-8-16(19)3/h4-13,15H,14H2,1-3H3,(H,25,28)(H2,24,26,29). The van der Waals surface area contributed by atoms with Crippen LogP contribution in [0.4, 0.5) is 16.2 Å². The molecule has 0 bridgehead atoms. The fourth-order valence-electron chi connectivity index (χ4n) is 2.85. The van der Waals surface area contributed by atoms with Gasteiger partial charge in [0.15, 0.2) is 5.16 Å². The molecular weight excluding hydrogens is 398 g/mol. The van der Waals surface area contributed by atoms with Gasteiger partial charge in [-0.05, 0) is 44.5 Å². The summed E-state index contributed by atoms with van der Waals surface area (Å²) in [6.45, 7) is 5.80. The second-order valence-electron chi connectivity index (χ2n) is 7.00. The van der Waals surface area contributed by atoms with Gasteiger partial charge in [-0.1, -0.05) is 42.1 Å². The van der Waals surface area contributed by atoms with Crippen LogP contribution in [0.15, 0.2) is 66.1 Å². The molecule has 0 radical (unpaired) electrons. The summed E-state index contributed by atoms with van der Waals surface area (Å²) in [7, 11) is 0. The van der Waals surface area contributed by atoms with Crippen LogP contribution in [0.1, 0.15) is 19.4 Å². The van der Waals surface area contributed by atoms with Crippen molar-refractivity contribution in [3.63, 3.8) is 0 Å². The summed E-state index contributed by atoms with van der Waals surface area (Å²) in [5.74, 6) is 0.00736. The number of imidazole rings is 1. The Hall–Kier alpha value is -3.26. The molecule has 8 heteroatoms. The summed E-state index contributed by atoms with van der Waals surface area (Å²) in [5.41, 5.74) is 3.24. The zero-order chi connectivity index (χ0) is 21.5. The Labute approximate surface area is 180 Å². The Morgan fingerprint density at radius 3 is 2.40 bits per heavy atom. The van der Waals surface area contributed by atoms with Gasteiger partial charge in [-0.3, -0.25) is 9.36 Å². The SMILES string of the molecule is Cc1ccccc1-n1ccnc1SCC(=O)Nc1ccccc1NC(=O)NC(C)C. The van der Waals surface area contributed by atoms with E-state index in [4.69, 9.17) is 0 Å². The van der Waals surface area contributed by atoms with Gasteiger partial charge in [-0.15, -0.1) is 0 Å². The number of thioether (sulfide) groups is 1. The summed E-state index contributed by atoms with van der Waals surface area (Å²) in [5, 5.41) is 9.13. The predicted molar refractivity (Wildman–Crippen MR) is 121 cm³/mol. The topological polar surface area (TPSA) is 88.1 Å². The average Bonchev–Trinajstić information content (AvgIpc) is 3.16. The van der Waals surface area contributed by atoms with Gasteiger partial charge in [0, 0.05) is 18.4 Å². The minimum absolute atomic E-state index is 0.0140. The Balaban J connectivity index is 1.64. The zero-order valence-corrected chi connectivity index (χ0v) is 18.0. The van der Waals surface area contributed by atoms with Crippen LogP contribution in [0.3, 0.4) is 0 Å². The van der Waals surface area contributed by atoms with Crippen molar-refractivity contribution in [2.45, 2.75) is 32.0 Å². The number of benzene rings is 2. The predicted octanol–water partition coefficient (Wildman–Crippen LogP) is 4.44. The van der Waals surface area contributed by atoms with E-state index in [9.17, 15) is 9.59 Å². The minimum atomic E-state index is -0.318. The molecule has 3 rings (SSSR count). The monoisotopic (exact) mass is 423 g/mol. The summed E-state index contributed by atoms with van der Waals surface area (Å²) < 4.78 is 1.97. The van der Waals surface area contributed by atoms with Crippen LogP contribution in [-0.2, 0) is 4.79 Å². The van der Waals surface area contributed by atoms with E-state index >= 15 is 0 Å². The molecule has 0 atom stereocenters. The van der Waals surface area contributed by atoms with Crippen LogP contribution < -0.4 is 16.0 Å². The number of urea groups is 1. The molecule has 156 valence electrons. The van der Waals surface area contributed by atoms with Gasteiger partial charge in [0.1, 0.15) is 0 Å². The van der Waals surface area contributed by atoms with Crippen molar-refractivity contribution in [2.75, 3.05) is 16.4 Å². The van der Waals surface area contributed by atoms with Crippen molar-refractivity contribution < 1.29 is 9.59 Å². The van der Waals surface area contributed by atoms with Crippen LogP contribution in [0.2, 0.25) is 0 Å². The molecule has 0 unspecified atom stereocenters. The highest BCUT2D eigenvalue weighted by atomic mass is 32.2. The van der Waals surface area contributed by atoms with E-state index in [0.717, 1.165) is 16.4 Å². The lowest BCUT2D eigenvalue weighted by Crippen LogP contribution is -2.34. The van der Waals surface area contributed by atoms with Crippen LogP contribution in [0.25, 0.3) is 5.69 Å². The molecule has 3 amide bonds. The number of amides is 3. The number of nitrogens with zero attached hydrogens (tertiary/aromatic N) is 2. The van der Waals surface area contributed by atoms with E-state index < -0.39 is 0 Å². The maximum Gasteiger partial charge on any atom is 0.319 e. The fourth-order valence-corrected chi connectivity index (χ4v) is 3.62. The van der Waals surface area contributed by atoms with E-state index in [2.05, 4.69) is 20.9 Å². The van der Waals surface area contributed by atoms with Crippen molar-refractivity contribution in [1.82, 2.24) is 14.9 Å². The van der Waals surface area contributed by atoms with Crippen LogP contribution in [-0.4, -0.2) is 33.3 Å². The van der Waals surface area contributed by atoms with E-state index in [0.29, 0.717) is 11.4 Å². The number of anilines is 2. The van der Waals surface area contributed by atoms with E-state index in [1.165, 1.54) is 11.8 Å². The normalized spacial score (nSPS) is 10.7. The first-order valence-electron chi connectivity index (χ1n) is 9.62. The number of rotatable bonds is 7. The maximum atomic E-state index is 12.5. The summed E-state index contributed by atoms with van der Waals surface area (Å²) in [6, 6.07) is 14.8. The minimum Gasteiger partial charge on any atom is -0.336 e.